The predicted octanol–water partition coefficient (Wildman–Crippen LogP) is 0.957. The van der Waals surface area contributed by atoms with Gasteiger partial charge in [-0.2, -0.15) is 0 Å². The zero-order chi connectivity index (χ0) is 12.3. The van der Waals surface area contributed by atoms with Gasteiger partial charge in [-0.3, -0.25) is 4.79 Å². The molecule has 0 radical (unpaired) electrons. The van der Waals surface area contributed by atoms with Gasteiger partial charge in [0.15, 0.2) is 9.84 Å². The highest BCUT2D eigenvalue weighted by atomic mass is 79.9. The number of halogens is 1. The average molecular weight is 312 g/mol. The molecule has 0 spiro atoms. The Balaban J connectivity index is 2.48. The Hall–Kier alpha value is -0.100. The number of alkyl halides is 1. The van der Waals surface area contributed by atoms with Crippen molar-refractivity contribution in [2.75, 3.05) is 16.8 Å². The molecule has 1 aliphatic rings. The van der Waals surface area contributed by atoms with Crippen molar-refractivity contribution in [3.05, 3.63) is 0 Å². The second-order valence-electron chi connectivity index (χ2n) is 4.53. The Bertz CT molecular complexity index is 355. The molecule has 1 fully saturated rings. The van der Waals surface area contributed by atoms with E-state index in [9.17, 15) is 13.2 Å². The first-order chi connectivity index (χ1) is 7.35. The normalized spacial score (nSPS) is 27.3. The molecular formula is C10H18BrNO3S. The van der Waals surface area contributed by atoms with E-state index >= 15 is 0 Å². The summed E-state index contributed by atoms with van der Waals surface area (Å²) < 4.78 is 22.5. The third kappa shape index (κ3) is 3.73. The third-order valence-electron chi connectivity index (χ3n) is 3.07. The zero-order valence-electron chi connectivity index (χ0n) is 9.57. The lowest BCUT2D eigenvalue weighted by Crippen LogP contribution is -2.41. The van der Waals surface area contributed by atoms with E-state index in [1.165, 1.54) is 0 Å². The first-order valence-corrected chi connectivity index (χ1v) is 8.37. The Morgan fingerprint density at radius 3 is 2.56 bits per heavy atom. The minimum Gasteiger partial charge on any atom is -0.353 e. The Kier molecular flexibility index (Phi) is 4.79. The van der Waals surface area contributed by atoms with Crippen LogP contribution in [0.25, 0.3) is 0 Å². The molecule has 1 saturated heterocycles. The Morgan fingerprint density at radius 2 is 2.12 bits per heavy atom. The van der Waals surface area contributed by atoms with Gasteiger partial charge in [0.05, 0.1) is 17.4 Å². The van der Waals surface area contributed by atoms with Gasteiger partial charge in [0.2, 0.25) is 5.91 Å². The van der Waals surface area contributed by atoms with Gasteiger partial charge in [0.1, 0.15) is 0 Å². The van der Waals surface area contributed by atoms with Crippen molar-refractivity contribution >= 4 is 31.7 Å². The highest BCUT2D eigenvalue weighted by molar-refractivity contribution is 9.09. The Morgan fingerprint density at radius 1 is 1.50 bits per heavy atom. The molecule has 1 amide bonds. The molecule has 1 N–H and O–H groups in total. The molecule has 0 aliphatic carbocycles. The fraction of sp³-hybridized carbons (Fsp3) is 0.900. The number of nitrogens with one attached hydrogen (secondary N) is 1. The van der Waals surface area contributed by atoms with Gasteiger partial charge in [-0.15, -0.1) is 0 Å². The van der Waals surface area contributed by atoms with Gasteiger partial charge in [-0.1, -0.05) is 22.9 Å². The quantitative estimate of drug-likeness (QED) is 0.787. The van der Waals surface area contributed by atoms with Crippen molar-refractivity contribution in [3.8, 4) is 0 Å². The molecule has 3 unspecified atom stereocenters. The van der Waals surface area contributed by atoms with Gasteiger partial charge in [-0.25, -0.2) is 8.42 Å². The lowest BCUT2D eigenvalue weighted by atomic mass is 10.0. The van der Waals surface area contributed by atoms with Crippen LogP contribution in [0.3, 0.4) is 0 Å². The molecule has 1 heterocycles. The minimum absolute atomic E-state index is 0.00818. The summed E-state index contributed by atoms with van der Waals surface area (Å²) in [6, 6.07) is 0.0650. The maximum absolute atomic E-state index is 11.8. The van der Waals surface area contributed by atoms with Crippen LogP contribution >= 0.6 is 15.9 Å². The number of hydrogen-bond donors (Lipinski definition) is 1. The molecule has 94 valence electrons. The number of carbonyl (C=O) groups excluding carboxylic acids is 1. The van der Waals surface area contributed by atoms with Crippen LogP contribution in [0.1, 0.15) is 20.3 Å². The van der Waals surface area contributed by atoms with Crippen molar-refractivity contribution in [2.45, 2.75) is 26.3 Å². The van der Waals surface area contributed by atoms with Crippen LogP contribution in [0.2, 0.25) is 0 Å². The van der Waals surface area contributed by atoms with Crippen molar-refractivity contribution in [1.82, 2.24) is 5.32 Å². The van der Waals surface area contributed by atoms with Crippen molar-refractivity contribution in [2.24, 2.45) is 11.8 Å². The van der Waals surface area contributed by atoms with E-state index in [2.05, 4.69) is 21.2 Å². The molecule has 4 nitrogen and oxygen atoms in total. The van der Waals surface area contributed by atoms with E-state index < -0.39 is 9.84 Å². The van der Waals surface area contributed by atoms with Crippen LogP contribution in [-0.4, -0.2) is 37.2 Å². The number of rotatable bonds is 4. The molecule has 0 aromatic carbocycles. The fourth-order valence-corrected chi connectivity index (χ4v) is 3.92. The number of sulfone groups is 1. The highest BCUT2D eigenvalue weighted by Crippen LogP contribution is 2.19. The maximum atomic E-state index is 11.8. The molecule has 0 aromatic heterocycles. The molecule has 16 heavy (non-hydrogen) atoms. The zero-order valence-corrected chi connectivity index (χ0v) is 12.0. The summed E-state index contributed by atoms with van der Waals surface area (Å²) in [6.45, 7) is 3.97. The summed E-state index contributed by atoms with van der Waals surface area (Å²) in [6.07, 6.45) is 0.462. The number of amides is 1. The maximum Gasteiger partial charge on any atom is 0.224 e. The highest BCUT2D eigenvalue weighted by Gasteiger charge is 2.33. The van der Waals surface area contributed by atoms with Crippen LogP contribution in [0.15, 0.2) is 0 Å². The summed E-state index contributed by atoms with van der Waals surface area (Å²) in [5.41, 5.74) is 0. The fourth-order valence-electron chi connectivity index (χ4n) is 1.62. The lowest BCUT2D eigenvalue weighted by Gasteiger charge is -2.20. The summed E-state index contributed by atoms with van der Waals surface area (Å²) >= 11 is 3.36. The Labute approximate surface area is 105 Å². The van der Waals surface area contributed by atoms with E-state index in [4.69, 9.17) is 0 Å². The summed E-state index contributed by atoms with van der Waals surface area (Å²) in [5, 5.41) is 3.69. The van der Waals surface area contributed by atoms with E-state index in [1.807, 2.05) is 13.8 Å². The topological polar surface area (TPSA) is 63.2 Å². The first kappa shape index (κ1) is 14.0. The molecule has 0 aromatic rings. The van der Waals surface area contributed by atoms with Crippen molar-refractivity contribution in [3.63, 3.8) is 0 Å². The number of hydrogen-bond acceptors (Lipinski definition) is 3. The second kappa shape index (κ2) is 5.49. The summed E-state index contributed by atoms with van der Waals surface area (Å²) in [4.78, 5) is 11.8. The molecule has 1 rings (SSSR count). The van der Waals surface area contributed by atoms with Crippen LogP contribution in [0.5, 0.6) is 0 Å². The van der Waals surface area contributed by atoms with Crippen molar-refractivity contribution in [1.29, 1.82) is 0 Å². The third-order valence-corrected chi connectivity index (χ3v) is 5.86. The van der Waals surface area contributed by atoms with E-state index in [1.54, 1.807) is 0 Å². The van der Waals surface area contributed by atoms with Gasteiger partial charge in [0.25, 0.3) is 0 Å². The standard InChI is InChI=1S/C10H18BrNO3S/c1-7(5-11)8(2)12-10(13)9-3-4-16(14,15)6-9/h7-9H,3-6H2,1-2H3,(H,12,13). The average Bonchev–Trinajstić information content (AvgIpc) is 2.57. The van der Waals surface area contributed by atoms with E-state index in [0.717, 1.165) is 5.33 Å². The summed E-state index contributed by atoms with van der Waals surface area (Å²) in [7, 11) is -2.97. The molecule has 6 heteroatoms. The summed E-state index contributed by atoms with van der Waals surface area (Å²) in [5.74, 6) is 0.0140. The van der Waals surface area contributed by atoms with Gasteiger partial charge < -0.3 is 5.32 Å². The van der Waals surface area contributed by atoms with E-state index in [-0.39, 0.29) is 29.4 Å². The van der Waals surface area contributed by atoms with E-state index in [0.29, 0.717) is 12.3 Å². The van der Waals surface area contributed by atoms with Crippen LogP contribution in [0.4, 0.5) is 0 Å². The smallest absolute Gasteiger partial charge is 0.224 e. The minimum atomic E-state index is -2.97. The SMILES string of the molecule is CC(CBr)C(C)NC(=O)C1CCS(=O)(=O)C1. The molecule has 1 aliphatic heterocycles. The van der Waals surface area contributed by atoms with Gasteiger partial charge in [0, 0.05) is 11.4 Å². The molecule has 0 bridgehead atoms. The second-order valence-corrected chi connectivity index (χ2v) is 7.41. The van der Waals surface area contributed by atoms with Gasteiger partial charge >= 0.3 is 0 Å². The molecule has 3 atom stereocenters. The monoisotopic (exact) mass is 311 g/mol. The van der Waals surface area contributed by atoms with Crippen LogP contribution < -0.4 is 5.32 Å². The largest absolute Gasteiger partial charge is 0.353 e. The molecule has 0 saturated carbocycles. The number of carbonyl (C=O) groups is 1. The predicted molar refractivity (Wildman–Crippen MR) is 67.3 cm³/mol. The molecular weight excluding hydrogens is 294 g/mol. The van der Waals surface area contributed by atoms with Gasteiger partial charge in [-0.05, 0) is 19.3 Å². The van der Waals surface area contributed by atoms with Crippen LogP contribution in [0, 0.1) is 11.8 Å². The van der Waals surface area contributed by atoms with Crippen molar-refractivity contribution < 1.29 is 13.2 Å². The lowest BCUT2D eigenvalue weighted by molar-refractivity contribution is -0.125. The van der Waals surface area contributed by atoms with Crippen LogP contribution in [-0.2, 0) is 14.6 Å². The first-order valence-electron chi connectivity index (χ1n) is 5.42.